The second-order valence-corrected chi connectivity index (χ2v) is 3.63. The van der Waals surface area contributed by atoms with Crippen LogP contribution in [0.4, 0.5) is 8.78 Å². The molecule has 4 heteroatoms. The molecule has 90 valence electrons. The molecule has 0 heterocycles. The SMILES string of the molecule is CCCOCC(O)Cc1c(F)cccc1F. The molecule has 1 rings (SSSR count). The first-order valence-electron chi connectivity index (χ1n) is 5.33. The Kier molecular flexibility index (Phi) is 5.35. The second kappa shape index (κ2) is 6.55. The van der Waals surface area contributed by atoms with Crippen LogP contribution in [0.25, 0.3) is 0 Å². The molecule has 0 aliphatic rings. The molecular formula is C12H16F2O2. The molecule has 0 aliphatic heterocycles. The number of benzene rings is 1. The van der Waals surface area contributed by atoms with Crippen LogP contribution in [0, 0.1) is 11.6 Å². The smallest absolute Gasteiger partial charge is 0.129 e. The van der Waals surface area contributed by atoms with Gasteiger partial charge in [-0.25, -0.2) is 8.78 Å². The van der Waals surface area contributed by atoms with Crippen LogP contribution in [0.1, 0.15) is 18.9 Å². The third-order valence-electron chi connectivity index (χ3n) is 2.16. The summed E-state index contributed by atoms with van der Waals surface area (Å²) in [7, 11) is 0. The van der Waals surface area contributed by atoms with E-state index in [9.17, 15) is 13.9 Å². The molecule has 0 spiro atoms. The Bertz CT molecular complexity index is 309. The van der Waals surface area contributed by atoms with Gasteiger partial charge in [0.2, 0.25) is 0 Å². The predicted octanol–water partition coefficient (Wildman–Crippen LogP) is 2.29. The van der Waals surface area contributed by atoms with Gasteiger partial charge in [-0.3, -0.25) is 0 Å². The molecule has 0 fully saturated rings. The zero-order chi connectivity index (χ0) is 12.0. The van der Waals surface area contributed by atoms with Gasteiger partial charge in [-0.1, -0.05) is 13.0 Å². The Morgan fingerprint density at radius 2 is 1.94 bits per heavy atom. The Labute approximate surface area is 93.9 Å². The van der Waals surface area contributed by atoms with Crippen LogP contribution < -0.4 is 0 Å². The molecule has 1 aromatic carbocycles. The molecule has 0 aliphatic carbocycles. The lowest BCUT2D eigenvalue weighted by molar-refractivity contribution is 0.0366. The largest absolute Gasteiger partial charge is 0.390 e. The standard InChI is InChI=1S/C12H16F2O2/c1-2-6-16-8-9(15)7-10-11(13)4-3-5-12(10)14/h3-5,9,15H,2,6-8H2,1H3. The Hall–Kier alpha value is -1.00. The topological polar surface area (TPSA) is 29.5 Å². The van der Waals surface area contributed by atoms with E-state index in [1.807, 2.05) is 6.92 Å². The van der Waals surface area contributed by atoms with Gasteiger partial charge in [0.15, 0.2) is 0 Å². The summed E-state index contributed by atoms with van der Waals surface area (Å²) in [5.41, 5.74) is -0.0879. The number of aliphatic hydroxyl groups is 1. The second-order valence-electron chi connectivity index (χ2n) is 3.63. The monoisotopic (exact) mass is 230 g/mol. The number of aliphatic hydroxyl groups excluding tert-OH is 1. The summed E-state index contributed by atoms with van der Waals surface area (Å²) in [6.45, 7) is 2.58. The van der Waals surface area contributed by atoms with Gasteiger partial charge in [-0.15, -0.1) is 0 Å². The lowest BCUT2D eigenvalue weighted by Gasteiger charge is -2.12. The molecule has 0 radical (unpaired) electrons. The molecule has 1 atom stereocenters. The van der Waals surface area contributed by atoms with E-state index >= 15 is 0 Å². The first-order valence-corrected chi connectivity index (χ1v) is 5.33. The average molecular weight is 230 g/mol. The fraction of sp³-hybridized carbons (Fsp3) is 0.500. The van der Waals surface area contributed by atoms with Gasteiger partial charge in [0.1, 0.15) is 11.6 Å². The van der Waals surface area contributed by atoms with Gasteiger partial charge in [0, 0.05) is 18.6 Å². The minimum absolute atomic E-state index is 0.0672. The average Bonchev–Trinajstić information content (AvgIpc) is 2.24. The summed E-state index contributed by atoms with van der Waals surface area (Å²) in [6.07, 6.45) is -0.0961. The van der Waals surface area contributed by atoms with E-state index in [1.54, 1.807) is 0 Å². The van der Waals surface area contributed by atoms with Crippen molar-refractivity contribution in [1.82, 2.24) is 0 Å². The Morgan fingerprint density at radius 3 is 2.50 bits per heavy atom. The van der Waals surface area contributed by atoms with E-state index in [0.29, 0.717) is 6.61 Å². The van der Waals surface area contributed by atoms with Gasteiger partial charge in [-0.05, 0) is 18.6 Å². The van der Waals surface area contributed by atoms with Crippen molar-refractivity contribution in [1.29, 1.82) is 0 Å². The summed E-state index contributed by atoms with van der Waals surface area (Å²) in [4.78, 5) is 0. The van der Waals surface area contributed by atoms with E-state index < -0.39 is 17.7 Å². The normalized spacial score (nSPS) is 12.8. The maximum Gasteiger partial charge on any atom is 0.129 e. The number of rotatable bonds is 6. The molecule has 0 bridgehead atoms. The van der Waals surface area contributed by atoms with Crippen LogP contribution in [0.5, 0.6) is 0 Å². The lowest BCUT2D eigenvalue weighted by atomic mass is 10.1. The summed E-state index contributed by atoms with van der Waals surface area (Å²) in [6, 6.07) is 3.66. The van der Waals surface area contributed by atoms with Gasteiger partial charge in [0.25, 0.3) is 0 Å². The van der Waals surface area contributed by atoms with Crippen molar-refractivity contribution in [3.63, 3.8) is 0 Å². The highest BCUT2D eigenvalue weighted by Gasteiger charge is 2.13. The molecule has 0 aromatic heterocycles. The number of ether oxygens (including phenoxy) is 1. The van der Waals surface area contributed by atoms with Crippen LogP contribution in [0.2, 0.25) is 0 Å². The van der Waals surface area contributed by atoms with Crippen molar-refractivity contribution in [3.8, 4) is 0 Å². The number of hydrogen-bond acceptors (Lipinski definition) is 2. The molecule has 0 saturated heterocycles. The van der Waals surface area contributed by atoms with Crippen LogP contribution >= 0.6 is 0 Å². The third kappa shape index (κ3) is 3.87. The van der Waals surface area contributed by atoms with E-state index in [1.165, 1.54) is 18.2 Å². The van der Waals surface area contributed by atoms with Crippen molar-refractivity contribution < 1.29 is 18.6 Å². The van der Waals surface area contributed by atoms with Gasteiger partial charge in [-0.2, -0.15) is 0 Å². The van der Waals surface area contributed by atoms with Gasteiger partial charge in [0.05, 0.1) is 12.7 Å². The first kappa shape index (κ1) is 13.1. The molecule has 1 aromatic rings. The lowest BCUT2D eigenvalue weighted by Crippen LogP contribution is -2.19. The fourth-order valence-corrected chi connectivity index (χ4v) is 1.39. The minimum atomic E-state index is -0.877. The molecule has 0 amide bonds. The fourth-order valence-electron chi connectivity index (χ4n) is 1.39. The van der Waals surface area contributed by atoms with E-state index in [0.717, 1.165) is 6.42 Å². The molecular weight excluding hydrogens is 214 g/mol. The summed E-state index contributed by atoms with van der Waals surface area (Å²) in [5, 5.41) is 9.52. The predicted molar refractivity (Wildman–Crippen MR) is 57.2 cm³/mol. The van der Waals surface area contributed by atoms with Crippen LogP contribution in [0.15, 0.2) is 18.2 Å². The van der Waals surface area contributed by atoms with Gasteiger partial charge >= 0.3 is 0 Å². The molecule has 1 unspecified atom stereocenters. The third-order valence-corrected chi connectivity index (χ3v) is 2.16. The van der Waals surface area contributed by atoms with E-state index in [2.05, 4.69) is 0 Å². The molecule has 2 nitrogen and oxygen atoms in total. The summed E-state index contributed by atoms with van der Waals surface area (Å²) >= 11 is 0. The Morgan fingerprint density at radius 1 is 1.31 bits per heavy atom. The number of hydrogen-bond donors (Lipinski definition) is 1. The molecule has 0 saturated carbocycles. The summed E-state index contributed by atoms with van der Waals surface area (Å²) in [5.74, 6) is -1.26. The van der Waals surface area contributed by atoms with E-state index in [-0.39, 0.29) is 18.6 Å². The maximum atomic E-state index is 13.2. The van der Waals surface area contributed by atoms with Gasteiger partial charge < -0.3 is 9.84 Å². The highest BCUT2D eigenvalue weighted by Crippen LogP contribution is 2.14. The van der Waals surface area contributed by atoms with Crippen molar-refractivity contribution in [2.24, 2.45) is 0 Å². The number of halogens is 2. The van der Waals surface area contributed by atoms with Crippen molar-refractivity contribution in [2.75, 3.05) is 13.2 Å². The highest BCUT2D eigenvalue weighted by atomic mass is 19.1. The van der Waals surface area contributed by atoms with Crippen LogP contribution in [0.3, 0.4) is 0 Å². The van der Waals surface area contributed by atoms with Crippen LogP contribution in [-0.2, 0) is 11.2 Å². The maximum absolute atomic E-state index is 13.2. The van der Waals surface area contributed by atoms with Crippen molar-refractivity contribution in [2.45, 2.75) is 25.9 Å². The van der Waals surface area contributed by atoms with E-state index in [4.69, 9.17) is 4.74 Å². The Balaban J connectivity index is 2.52. The quantitative estimate of drug-likeness (QED) is 0.760. The van der Waals surface area contributed by atoms with Crippen LogP contribution in [-0.4, -0.2) is 24.4 Å². The summed E-state index contributed by atoms with van der Waals surface area (Å²) < 4.78 is 31.5. The minimum Gasteiger partial charge on any atom is -0.390 e. The van der Waals surface area contributed by atoms with Crippen molar-refractivity contribution >= 4 is 0 Å². The molecule has 1 N–H and O–H groups in total. The zero-order valence-corrected chi connectivity index (χ0v) is 9.25. The highest BCUT2D eigenvalue weighted by molar-refractivity contribution is 5.20. The zero-order valence-electron chi connectivity index (χ0n) is 9.25. The molecule has 16 heavy (non-hydrogen) atoms. The van der Waals surface area contributed by atoms with Crippen molar-refractivity contribution in [3.05, 3.63) is 35.4 Å². The first-order chi connectivity index (χ1) is 7.65.